The van der Waals surface area contributed by atoms with E-state index in [1.165, 1.54) is 12.1 Å². The molecule has 1 saturated heterocycles. The van der Waals surface area contributed by atoms with Gasteiger partial charge in [0.2, 0.25) is 0 Å². The van der Waals surface area contributed by atoms with E-state index in [0.29, 0.717) is 12.1 Å². The van der Waals surface area contributed by atoms with E-state index in [0.717, 1.165) is 12.1 Å². The third-order valence-electron chi connectivity index (χ3n) is 2.79. The second kappa shape index (κ2) is 4.46. The van der Waals surface area contributed by atoms with Crippen LogP contribution in [0.5, 0.6) is 0 Å². The van der Waals surface area contributed by atoms with E-state index in [4.69, 9.17) is 0 Å². The second-order valence-electron chi connectivity index (χ2n) is 4.32. The molecule has 0 aromatic heterocycles. The molecule has 18 heavy (non-hydrogen) atoms. The first-order valence-corrected chi connectivity index (χ1v) is 7.23. The van der Waals surface area contributed by atoms with Crippen molar-refractivity contribution >= 4 is 15.5 Å². The molecule has 0 spiro atoms. The smallest absolute Gasteiger partial charge is 0.381 e. The monoisotopic (exact) mass is 279 g/mol. The molecular formula is C11H12F3NO2S. The summed E-state index contributed by atoms with van der Waals surface area (Å²) < 4.78 is 59.9. The third kappa shape index (κ3) is 3.16. The van der Waals surface area contributed by atoms with Crippen molar-refractivity contribution in [2.24, 2.45) is 0 Å². The molecule has 0 radical (unpaired) electrons. The van der Waals surface area contributed by atoms with Gasteiger partial charge in [-0.3, -0.25) is 0 Å². The molecule has 3 nitrogen and oxygen atoms in total. The Bertz CT molecular complexity index is 539. The summed E-state index contributed by atoms with van der Waals surface area (Å²) in [6, 6.07) is 4.47. The van der Waals surface area contributed by atoms with E-state index in [1.54, 1.807) is 0 Å². The number of hydrogen-bond donors (Lipinski definition) is 1. The summed E-state index contributed by atoms with van der Waals surface area (Å²) in [4.78, 5) is 0. The fourth-order valence-corrected chi connectivity index (χ4v) is 3.60. The minimum atomic E-state index is -4.39. The van der Waals surface area contributed by atoms with Crippen molar-refractivity contribution in [2.45, 2.75) is 18.6 Å². The Hall–Kier alpha value is -1.24. The second-order valence-corrected chi connectivity index (χ2v) is 6.55. The van der Waals surface area contributed by atoms with Gasteiger partial charge in [0.25, 0.3) is 0 Å². The van der Waals surface area contributed by atoms with Gasteiger partial charge in [-0.05, 0) is 24.6 Å². The SMILES string of the molecule is O=S1(=O)CC[C@H](Nc2cccc(C(F)(F)F)c2)C1. The average Bonchev–Trinajstić information content (AvgIpc) is 2.57. The first kappa shape index (κ1) is 13.2. The molecule has 0 aliphatic carbocycles. The predicted octanol–water partition coefficient (Wildman–Crippen LogP) is 2.30. The molecule has 1 atom stereocenters. The zero-order valence-corrected chi connectivity index (χ0v) is 10.2. The van der Waals surface area contributed by atoms with Crippen molar-refractivity contribution in [3.8, 4) is 0 Å². The van der Waals surface area contributed by atoms with Crippen molar-refractivity contribution in [3.05, 3.63) is 29.8 Å². The molecule has 7 heteroatoms. The zero-order valence-electron chi connectivity index (χ0n) is 9.37. The van der Waals surface area contributed by atoms with Crippen LogP contribution in [0.4, 0.5) is 18.9 Å². The number of alkyl halides is 3. The van der Waals surface area contributed by atoms with Crippen LogP contribution in [-0.2, 0) is 16.0 Å². The highest BCUT2D eigenvalue weighted by Gasteiger charge is 2.31. The van der Waals surface area contributed by atoms with Gasteiger partial charge in [-0.15, -0.1) is 0 Å². The molecule has 1 aromatic rings. The van der Waals surface area contributed by atoms with E-state index < -0.39 is 21.6 Å². The molecule has 1 aliphatic rings. The summed E-state index contributed by atoms with van der Waals surface area (Å²) >= 11 is 0. The lowest BCUT2D eigenvalue weighted by Crippen LogP contribution is -2.20. The Balaban J connectivity index is 2.11. The highest BCUT2D eigenvalue weighted by Crippen LogP contribution is 2.31. The van der Waals surface area contributed by atoms with Crippen LogP contribution in [0.15, 0.2) is 24.3 Å². The fourth-order valence-electron chi connectivity index (χ4n) is 1.93. The lowest BCUT2D eigenvalue weighted by Gasteiger charge is -2.14. The summed E-state index contributed by atoms with van der Waals surface area (Å²) in [5, 5.41) is 2.83. The van der Waals surface area contributed by atoms with Crippen LogP contribution >= 0.6 is 0 Å². The maximum atomic E-state index is 12.5. The number of hydrogen-bond acceptors (Lipinski definition) is 3. The maximum Gasteiger partial charge on any atom is 0.416 e. The fraction of sp³-hybridized carbons (Fsp3) is 0.455. The summed E-state index contributed by atoms with van der Waals surface area (Å²) in [7, 11) is -3.04. The van der Waals surface area contributed by atoms with Crippen molar-refractivity contribution < 1.29 is 21.6 Å². The molecule has 1 fully saturated rings. The van der Waals surface area contributed by atoms with Gasteiger partial charge in [0.15, 0.2) is 9.84 Å². The number of sulfone groups is 1. The van der Waals surface area contributed by atoms with E-state index in [1.807, 2.05) is 0 Å². The predicted molar refractivity (Wildman–Crippen MR) is 62.1 cm³/mol. The van der Waals surface area contributed by atoms with E-state index >= 15 is 0 Å². The first-order valence-electron chi connectivity index (χ1n) is 5.40. The van der Waals surface area contributed by atoms with E-state index in [2.05, 4.69) is 5.32 Å². The minimum Gasteiger partial charge on any atom is -0.381 e. The van der Waals surface area contributed by atoms with Crippen LogP contribution in [0.25, 0.3) is 0 Å². The Morgan fingerprint density at radius 1 is 1.28 bits per heavy atom. The number of benzene rings is 1. The largest absolute Gasteiger partial charge is 0.416 e. The van der Waals surface area contributed by atoms with Crippen molar-refractivity contribution in [1.82, 2.24) is 0 Å². The van der Waals surface area contributed by atoms with Gasteiger partial charge in [-0.2, -0.15) is 13.2 Å². The Morgan fingerprint density at radius 2 is 2.00 bits per heavy atom. The summed E-state index contributed by atoms with van der Waals surface area (Å²) in [5.74, 6) is 0.0624. The van der Waals surface area contributed by atoms with Gasteiger partial charge in [-0.1, -0.05) is 6.07 Å². The number of anilines is 1. The van der Waals surface area contributed by atoms with Crippen LogP contribution in [0.2, 0.25) is 0 Å². The summed E-state index contributed by atoms with van der Waals surface area (Å²) in [6.45, 7) is 0. The molecule has 0 unspecified atom stereocenters. The number of rotatable bonds is 2. The zero-order chi connectivity index (χ0) is 13.4. The highest BCUT2D eigenvalue weighted by atomic mass is 32.2. The maximum absolute atomic E-state index is 12.5. The minimum absolute atomic E-state index is 0.0246. The first-order chi connectivity index (χ1) is 8.26. The standard InChI is InChI=1S/C11H12F3NO2S/c12-11(13,14)8-2-1-3-9(6-8)15-10-4-5-18(16,17)7-10/h1-3,6,10,15H,4-5,7H2/t10-/m0/s1. The van der Waals surface area contributed by atoms with Gasteiger partial charge < -0.3 is 5.32 Å². The topological polar surface area (TPSA) is 46.2 Å². The lowest BCUT2D eigenvalue weighted by atomic mass is 10.1. The number of halogens is 3. The van der Waals surface area contributed by atoms with Crippen LogP contribution in [-0.4, -0.2) is 26.0 Å². The van der Waals surface area contributed by atoms with E-state index in [-0.39, 0.29) is 17.5 Å². The van der Waals surface area contributed by atoms with E-state index in [9.17, 15) is 21.6 Å². The van der Waals surface area contributed by atoms with Crippen LogP contribution in [0, 0.1) is 0 Å². The summed E-state index contributed by atoms with van der Waals surface area (Å²) in [5.41, 5.74) is -0.444. The van der Waals surface area contributed by atoms with Crippen molar-refractivity contribution in [2.75, 3.05) is 16.8 Å². The average molecular weight is 279 g/mol. The van der Waals surface area contributed by atoms with Crippen molar-refractivity contribution in [3.63, 3.8) is 0 Å². The molecule has 1 aliphatic heterocycles. The molecule has 0 bridgehead atoms. The third-order valence-corrected chi connectivity index (χ3v) is 4.56. The summed E-state index contributed by atoms with van der Waals surface area (Å²) in [6.07, 6.45) is -3.96. The van der Waals surface area contributed by atoms with Gasteiger partial charge >= 0.3 is 6.18 Å². The molecule has 1 N–H and O–H groups in total. The molecular weight excluding hydrogens is 267 g/mol. The van der Waals surface area contributed by atoms with Gasteiger partial charge in [0.1, 0.15) is 0 Å². The molecule has 2 rings (SSSR count). The number of nitrogens with one attached hydrogen (secondary N) is 1. The normalized spacial score (nSPS) is 22.9. The van der Waals surface area contributed by atoms with Crippen LogP contribution in [0.3, 0.4) is 0 Å². The molecule has 1 heterocycles. The molecule has 100 valence electrons. The van der Waals surface area contributed by atoms with Crippen LogP contribution in [0.1, 0.15) is 12.0 Å². The Kier molecular flexibility index (Phi) is 3.27. The Labute approximate surface area is 103 Å². The van der Waals surface area contributed by atoms with Gasteiger partial charge in [0.05, 0.1) is 17.1 Å². The van der Waals surface area contributed by atoms with Gasteiger partial charge in [0, 0.05) is 11.7 Å². The highest BCUT2D eigenvalue weighted by molar-refractivity contribution is 7.91. The Morgan fingerprint density at radius 3 is 2.56 bits per heavy atom. The lowest BCUT2D eigenvalue weighted by molar-refractivity contribution is -0.137. The van der Waals surface area contributed by atoms with Crippen molar-refractivity contribution in [1.29, 1.82) is 0 Å². The quantitative estimate of drug-likeness (QED) is 0.903. The molecule has 0 saturated carbocycles. The molecule has 1 aromatic carbocycles. The van der Waals surface area contributed by atoms with Crippen LogP contribution < -0.4 is 5.32 Å². The molecule has 0 amide bonds. The van der Waals surface area contributed by atoms with Gasteiger partial charge in [-0.25, -0.2) is 8.42 Å².